The molecule has 0 fully saturated rings. The minimum atomic E-state index is -0.528. The molecule has 2 heterocycles. The number of rotatable bonds is 3. The van der Waals surface area contributed by atoms with Gasteiger partial charge in [-0.05, 0) is 36.6 Å². The van der Waals surface area contributed by atoms with Gasteiger partial charge >= 0.3 is 0 Å². The van der Waals surface area contributed by atoms with Crippen molar-refractivity contribution in [3.63, 3.8) is 0 Å². The van der Waals surface area contributed by atoms with Crippen LogP contribution in [0.25, 0.3) is 21.1 Å². The fourth-order valence-corrected chi connectivity index (χ4v) is 3.58. The van der Waals surface area contributed by atoms with E-state index in [4.69, 9.17) is 11.6 Å². The minimum Gasteiger partial charge on any atom is -0.392 e. The van der Waals surface area contributed by atoms with Crippen molar-refractivity contribution in [1.29, 1.82) is 0 Å². The molecule has 4 nitrogen and oxygen atoms in total. The molecule has 0 bridgehead atoms. The largest absolute Gasteiger partial charge is 0.392 e. The van der Waals surface area contributed by atoms with Gasteiger partial charge in [0.05, 0.1) is 23.4 Å². The molecule has 0 aliphatic rings. The smallest absolute Gasteiger partial charge is 0.223 e. The predicted molar refractivity (Wildman–Crippen MR) is 88.9 cm³/mol. The molecule has 7 heteroatoms. The number of halogens is 2. The van der Waals surface area contributed by atoms with Gasteiger partial charge < -0.3 is 5.11 Å². The van der Waals surface area contributed by atoms with E-state index in [9.17, 15) is 9.50 Å². The number of benzene rings is 1. The summed E-state index contributed by atoms with van der Waals surface area (Å²) in [6.45, 7) is 3.75. The molecule has 0 radical (unpaired) electrons. The second-order valence-electron chi connectivity index (χ2n) is 5.08. The van der Waals surface area contributed by atoms with Crippen molar-refractivity contribution in [3.05, 3.63) is 52.3 Å². The standard InChI is InChI=1S/C16H13ClFN3OS/c1-8-5-10(7-22)3-4-11(8)15-20-9(2)14(23-15)13-12(18)6-19-16(17)21-13/h3-6,22H,7H2,1-2H3. The third-order valence-electron chi connectivity index (χ3n) is 3.43. The number of aryl methyl sites for hydroxylation is 2. The maximum absolute atomic E-state index is 14.0. The summed E-state index contributed by atoms with van der Waals surface area (Å²) in [5.41, 5.74) is 3.63. The summed E-state index contributed by atoms with van der Waals surface area (Å²) >= 11 is 7.13. The van der Waals surface area contributed by atoms with Gasteiger partial charge in [-0.2, -0.15) is 0 Å². The van der Waals surface area contributed by atoms with Crippen molar-refractivity contribution >= 4 is 22.9 Å². The molecule has 0 amide bonds. The van der Waals surface area contributed by atoms with E-state index in [2.05, 4.69) is 15.0 Å². The van der Waals surface area contributed by atoms with E-state index >= 15 is 0 Å². The van der Waals surface area contributed by atoms with Gasteiger partial charge in [0.2, 0.25) is 5.28 Å². The minimum absolute atomic E-state index is 0.000714. The van der Waals surface area contributed by atoms with Gasteiger partial charge in [-0.3, -0.25) is 0 Å². The van der Waals surface area contributed by atoms with E-state index < -0.39 is 5.82 Å². The van der Waals surface area contributed by atoms with E-state index in [1.807, 2.05) is 32.0 Å². The Labute approximate surface area is 141 Å². The molecular formula is C16H13ClFN3OS. The van der Waals surface area contributed by atoms with Gasteiger partial charge in [-0.15, -0.1) is 11.3 Å². The summed E-state index contributed by atoms with van der Waals surface area (Å²) in [6, 6.07) is 5.67. The van der Waals surface area contributed by atoms with Crippen molar-refractivity contribution in [1.82, 2.24) is 15.0 Å². The molecule has 2 aromatic heterocycles. The molecule has 0 saturated heterocycles. The molecular weight excluding hydrogens is 337 g/mol. The van der Waals surface area contributed by atoms with E-state index in [-0.39, 0.29) is 17.6 Å². The average Bonchev–Trinajstić information content (AvgIpc) is 2.91. The van der Waals surface area contributed by atoms with Crippen molar-refractivity contribution in [2.75, 3.05) is 0 Å². The van der Waals surface area contributed by atoms with Crippen LogP contribution >= 0.6 is 22.9 Å². The van der Waals surface area contributed by atoms with Crippen LogP contribution < -0.4 is 0 Å². The van der Waals surface area contributed by atoms with Crippen LogP contribution in [0.4, 0.5) is 4.39 Å². The third kappa shape index (κ3) is 3.10. The highest BCUT2D eigenvalue weighted by atomic mass is 35.5. The highest BCUT2D eigenvalue weighted by Crippen LogP contribution is 2.36. The van der Waals surface area contributed by atoms with Crippen molar-refractivity contribution in [3.8, 4) is 21.1 Å². The van der Waals surface area contributed by atoms with Crippen LogP contribution in [0.1, 0.15) is 16.8 Å². The fourth-order valence-electron chi connectivity index (χ4n) is 2.30. The molecule has 0 spiro atoms. The second-order valence-corrected chi connectivity index (χ2v) is 6.41. The Balaban J connectivity index is 2.10. The summed E-state index contributed by atoms with van der Waals surface area (Å²) in [7, 11) is 0. The molecule has 3 aromatic rings. The van der Waals surface area contributed by atoms with Gasteiger partial charge in [0.1, 0.15) is 10.7 Å². The Kier molecular flexibility index (Phi) is 4.39. The first-order valence-electron chi connectivity index (χ1n) is 6.86. The van der Waals surface area contributed by atoms with Gasteiger partial charge in [-0.1, -0.05) is 18.2 Å². The number of nitrogens with zero attached hydrogens (tertiary/aromatic N) is 3. The Bertz CT molecular complexity index is 882. The van der Waals surface area contributed by atoms with Crippen molar-refractivity contribution in [2.45, 2.75) is 20.5 Å². The Hall–Kier alpha value is -1.89. The summed E-state index contributed by atoms with van der Waals surface area (Å²) in [4.78, 5) is 12.8. The highest BCUT2D eigenvalue weighted by Gasteiger charge is 2.18. The van der Waals surface area contributed by atoms with Crippen LogP contribution in [0.2, 0.25) is 5.28 Å². The fraction of sp³-hybridized carbons (Fsp3) is 0.188. The molecule has 0 unspecified atom stereocenters. The molecule has 1 N–H and O–H groups in total. The Morgan fingerprint density at radius 2 is 2.04 bits per heavy atom. The molecule has 1 aromatic carbocycles. The zero-order valence-electron chi connectivity index (χ0n) is 12.5. The predicted octanol–water partition coefficient (Wildman–Crippen LogP) is 4.17. The van der Waals surface area contributed by atoms with Crippen LogP contribution in [-0.2, 0) is 6.61 Å². The van der Waals surface area contributed by atoms with E-state index in [1.165, 1.54) is 11.3 Å². The van der Waals surface area contributed by atoms with Crippen molar-refractivity contribution in [2.24, 2.45) is 0 Å². The number of aliphatic hydroxyl groups is 1. The zero-order valence-corrected chi connectivity index (χ0v) is 14.0. The van der Waals surface area contributed by atoms with Crippen LogP contribution in [0.15, 0.2) is 24.4 Å². The van der Waals surface area contributed by atoms with E-state index in [0.717, 1.165) is 27.9 Å². The van der Waals surface area contributed by atoms with Gasteiger partial charge in [-0.25, -0.2) is 19.3 Å². The molecule has 3 rings (SSSR count). The Morgan fingerprint density at radius 3 is 2.74 bits per heavy atom. The van der Waals surface area contributed by atoms with Crippen LogP contribution in [0.3, 0.4) is 0 Å². The molecule has 0 aliphatic carbocycles. The van der Waals surface area contributed by atoms with Crippen LogP contribution in [-0.4, -0.2) is 20.1 Å². The lowest BCUT2D eigenvalue weighted by Crippen LogP contribution is -1.92. The summed E-state index contributed by atoms with van der Waals surface area (Å²) in [5, 5.41) is 9.97. The van der Waals surface area contributed by atoms with E-state index in [0.29, 0.717) is 10.6 Å². The number of hydrogen-bond donors (Lipinski definition) is 1. The monoisotopic (exact) mass is 349 g/mol. The van der Waals surface area contributed by atoms with Crippen molar-refractivity contribution < 1.29 is 9.50 Å². The van der Waals surface area contributed by atoms with Gasteiger partial charge in [0.15, 0.2) is 5.82 Å². The lowest BCUT2D eigenvalue weighted by atomic mass is 10.1. The lowest BCUT2D eigenvalue weighted by Gasteiger charge is -2.04. The first-order valence-corrected chi connectivity index (χ1v) is 8.05. The van der Waals surface area contributed by atoms with Gasteiger partial charge in [0, 0.05) is 5.56 Å². The summed E-state index contributed by atoms with van der Waals surface area (Å²) < 4.78 is 14.0. The average molecular weight is 350 g/mol. The SMILES string of the molecule is Cc1cc(CO)ccc1-c1nc(C)c(-c2nc(Cl)ncc2F)s1. The highest BCUT2D eigenvalue weighted by molar-refractivity contribution is 7.18. The molecule has 0 aliphatic heterocycles. The molecule has 118 valence electrons. The van der Waals surface area contributed by atoms with Gasteiger partial charge in [0.25, 0.3) is 0 Å². The number of aromatic nitrogens is 3. The number of thiazole rings is 1. The Morgan fingerprint density at radius 1 is 1.26 bits per heavy atom. The number of aliphatic hydroxyl groups excluding tert-OH is 1. The molecule has 23 heavy (non-hydrogen) atoms. The number of hydrogen-bond acceptors (Lipinski definition) is 5. The zero-order chi connectivity index (χ0) is 16.6. The molecule has 0 saturated carbocycles. The topological polar surface area (TPSA) is 58.9 Å². The van der Waals surface area contributed by atoms with Crippen LogP contribution in [0, 0.1) is 19.7 Å². The van der Waals surface area contributed by atoms with Crippen LogP contribution in [0.5, 0.6) is 0 Å². The lowest BCUT2D eigenvalue weighted by molar-refractivity contribution is 0.282. The quantitative estimate of drug-likeness (QED) is 0.721. The summed E-state index contributed by atoms with van der Waals surface area (Å²) in [6.07, 6.45) is 1.06. The normalized spacial score (nSPS) is 11.0. The second kappa shape index (κ2) is 6.31. The molecule has 0 atom stereocenters. The summed E-state index contributed by atoms with van der Waals surface area (Å²) in [5.74, 6) is -0.528. The maximum Gasteiger partial charge on any atom is 0.223 e. The first kappa shape index (κ1) is 16.0. The third-order valence-corrected chi connectivity index (χ3v) is 4.81. The first-order chi connectivity index (χ1) is 11.0. The maximum atomic E-state index is 14.0. The van der Waals surface area contributed by atoms with E-state index in [1.54, 1.807) is 0 Å².